The molecule has 0 atom stereocenters. The van der Waals surface area contributed by atoms with Crippen LogP contribution >= 0.6 is 0 Å². The van der Waals surface area contributed by atoms with Gasteiger partial charge in [0.05, 0.1) is 0 Å². The minimum absolute atomic E-state index is 0.0825. The Kier molecular flexibility index (Phi) is 2.90. The summed E-state index contributed by atoms with van der Waals surface area (Å²) in [7, 11) is 0. The van der Waals surface area contributed by atoms with Gasteiger partial charge in [-0.25, -0.2) is 0 Å². The van der Waals surface area contributed by atoms with Crippen LogP contribution in [0.1, 0.15) is 31.9 Å². The molecule has 0 fully saturated rings. The minimum atomic E-state index is 0.0825. The summed E-state index contributed by atoms with van der Waals surface area (Å²) in [6.07, 6.45) is 5.43. The van der Waals surface area contributed by atoms with Gasteiger partial charge in [0.1, 0.15) is 0 Å². The van der Waals surface area contributed by atoms with Gasteiger partial charge in [0.15, 0.2) is 0 Å². The van der Waals surface area contributed by atoms with Crippen LogP contribution in [-0.4, -0.2) is 4.98 Å². The standard InChI is InChI=1S/C13H17N/c1-6-11-9-14-8-7-12(11)10(2)13(3,4)5/h6-9H,1-2H2,3-5H3. The molecule has 1 rings (SSSR count). The van der Waals surface area contributed by atoms with Gasteiger partial charge < -0.3 is 0 Å². The fraction of sp³-hybridized carbons (Fsp3) is 0.308. The molecule has 1 heterocycles. The Morgan fingerprint density at radius 3 is 2.57 bits per heavy atom. The van der Waals surface area contributed by atoms with E-state index in [1.807, 2.05) is 18.3 Å². The maximum atomic E-state index is 4.13. The van der Waals surface area contributed by atoms with Crippen LogP contribution in [-0.2, 0) is 0 Å². The summed E-state index contributed by atoms with van der Waals surface area (Å²) in [5.74, 6) is 0. The van der Waals surface area contributed by atoms with Gasteiger partial charge in [-0.2, -0.15) is 0 Å². The Labute approximate surface area is 86.2 Å². The van der Waals surface area contributed by atoms with Crippen LogP contribution in [0.4, 0.5) is 0 Å². The SMILES string of the molecule is C=Cc1cnccc1C(=C)C(C)(C)C. The summed E-state index contributed by atoms with van der Waals surface area (Å²) in [5.41, 5.74) is 3.39. The maximum absolute atomic E-state index is 4.13. The quantitative estimate of drug-likeness (QED) is 0.686. The number of rotatable bonds is 2. The lowest BCUT2D eigenvalue weighted by Gasteiger charge is -2.23. The van der Waals surface area contributed by atoms with Crippen LogP contribution in [0.25, 0.3) is 11.6 Å². The third-order valence-corrected chi connectivity index (χ3v) is 2.30. The minimum Gasteiger partial charge on any atom is -0.264 e. The van der Waals surface area contributed by atoms with Crippen molar-refractivity contribution in [2.45, 2.75) is 20.8 Å². The van der Waals surface area contributed by atoms with Crippen LogP contribution in [0, 0.1) is 5.41 Å². The van der Waals surface area contributed by atoms with Gasteiger partial charge in [0.25, 0.3) is 0 Å². The molecule has 0 amide bonds. The first-order chi connectivity index (χ1) is 6.46. The van der Waals surface area contributed by atoms with Crippen molar-refractivity contribution in [1.82, 2.24) is 4.98 Å². The first kappa shape index (κ1) is 10.7. The van der Waals surface area contributed by atoms with Gasteiger partial charge >= 0.3 is 0 Å². The molecule has 1 nitrogen and oxygen atoms in total. The van der Waals surface area contributed by atoms with Crippen LogP contribution in [0.3, 0.4) is 0 Å². The van der Waals surface area contributed by atoms with Gasteiger partial charge in [0, 0.05) is 12.4 Å². The second-order valence-corrected chi connectivity index (χ2v) is 4.40. The van der Waals surface area contributed by atoms with E-state index in [0.29, 0.717) is 0 Å². The predicted octanol–water partition coefficient (Wildman–Crippen LogP) is 3.78. The summed E-state index contributed by atoms with van der Waals surface area (Å²) < 4.78 is 0. The van der Waals surface area contributed by atoms with E-state index < -0.39 is 0 Å². The van der Waals surface area contributed by atoms with Crippen LogP contribution in [0.5, 0.6) is 0 Å². The van der Waals surface area contributed by atoms with Gasteiger partial charge in [-0.1, -0.05) is 40.0 Å². The number of hydrogen-bond acceptors (Lipinski definition) is 1. The highest BCUT2D eigenvalue weighted by molar-refractivity contribution is 5.74. The Hall–Kier alpha value is -1.37. The molecule has 0 aliphatic carbocycles. The largest absolute Gasteiger partial charge is 0.264 e. The van der Waals surface area contributed by atoms with Crippen molar-refractivity contribution in [1.29, 1.82) is 0 Å². The van der Waals surface area contributed by atoms with Crippen LogP contribution in [0.15, 0.2) is 31.6 Å². The molecular weight excluding hydrogens is 170 g/mol. The smallest absolute Gasteiger partial charge is 0.0346 e. The molecule has 0 spiro atoms. The average molecular weight is 187 g/mol. The van der Waals surface area contributed by atoms with E-state index in [1.54, 1.807) is 6.20 Å². The number of allylic oxidation sites excluding steroid dienone is 1. The van der Waals surface area contributed by atoms with Crippen LogP contribution < -0.4 is 0 Å². The zero-order valence-electron chi connectivity index (χ0n) is 9.17. The molecule has 0 unspecified atom stereocenters. The Morgan fingerprint density at radius 2 is 2.07 bits per heavy atom. The van der Waals surface area contributed by atoms with Gasteiger partial charge in [0.2, 0.25) is 0 Å². The number of aromatic nitrogens is 1. The molecule has 0 N–H and O–H groups in total. The van der Waals surface area contributed by atoms with E-state index in [0.717, 1.165) is 16.7 Å². The molecule has 74 valence electrons. The predicted molar refractivity (Wildman–Crippen MR) is 62.8 cm³/mol. The highest BCUT2D eigenvalue weighted by Crippen LogP contribution is 2.33. The second kappa shape index (κ2) is 3.79. The highest BCUT2D eigenvalue weighted by atomic mass is 14.6. The second-order valence-electron chi connectivity index (χ2n) is 4.40. The molecule has 0 aliphatic heterocycles. The van der Waals surface area contributed by atoms with Crippen molar-refractivity contribution in [2.24, 2.45) is 5.41 Å². The third kappa shape index (κ3) is 2.11. The van der Waals surface area contributed by atoms with Crippen molar-refractivity contribution < 1.29 is 0 Å². The molecule has 0 radical (unpaired) electrons. The zero-order valence-corrected chi connectivity index (χ0v) is 9.17. The molecule has 1 aromatic rings. The van der Waals surface area contributed by atoms with E-state index in [2.05, 4.69) is 38.9 Å². The fourth-order valence-electron chi connectivity index (χ4n) is 1.25. The van der Waals surface area contributed by atoms with Gasteiger partial charge in [-0.3, -0.25) is 4.98 Å². The monoisotopic (exact) mass is 187 g/mol. The highest BCUT2D eigenvalue weighted by Gasteiger charge is 2.17. The Balaban J connectivity index is 3.19. The lowest BCUT2D eigenvalue weighted by atomic mass is 9.82. The first-order valence-electron chi connectivity index (χ1n) is 4.73. The maximum Gasteiger partial charge on any atom is 0.0346 e. The normalized spacial score (nSPS) is 11.1. The molecule has 0 bridgehead atoms. The van der Waals surface area contributed by atoms with E-state index in [1.165, 1.54) is 0 Å². The molecule has 1 aromatic heterocycles. The summed E-state index contributed by atoms with van der Waals surface area (Å²) in [5, 5.41) is 0. The molecule has 0 saturated carbocycles. The number of nitrogens with zero attached hydrogens (tertiary/aromatic N) is 1. The van der Waals surface area contributed by atoms with E-state index in [-0.39, 0.29) is 5.41 Å². The van der Waals surface area contributed by atoms with Crippen molar-refractivity contribution in [3.63, 3.8) is 0 Å². The Morgan fingerprint density at radius 1 is 1.43 bits per heavy atom. The van der Waals surface area contributed by atoms with Gasteiger partial charge in [-0.05, 0) is 28.2 Å². The molecule has 0 saturated heterocycles. The van der Waals surface area contributed by atoms with Crippen molar-refractivity contribution in [3.8, 4) is 0 Å². The topological polar surface area (TPSA) is 12.9 Å². The van der Waals surface area contributed by atoms with E-state index in [4.69, 9.17) is 0 Å². The first-order valence-corrected chi connectivity index (χ1v) is 4.73. The zero-order chi connectivity index (χ0) is 10.8. The number of hydrogen-bond donors (Lipinski definition) is 0. The average Bonchev–Trinajstić information content (AvgIpc) is 2.15. The summed E-state index contributed by atoms with van der Waals surface area (Å²) in [4.78, 5) is 4.07. The van der Waals surface area contributed by atoms with E-state index >= 15 is 0 Å². The molecule has 1 heteroatoms. The van der Waals surface area contributed by atoms with Crippen molar-refractivity contribution >= 4 is 11.6 Å². The fourth-order valence-corrected chi connectivity index (χ4v) is 1.25. The van der Waals surface area contributed by atoms with E-state index in [9.17, 15) is 0 Å². The van der Waals surface area contributed by atoms with Crippen molar-refractivity contribution in [3.05, 3.63) is 42.7 Å². The molecule has 0 aromatic carbocycles. The summed E-state index contributed by atoms with van der Waals surface area (Å²) in [6.45, 7) is 14.4. The summed E-state index contributed by atoms with van der Waals surface area (Å²) in [6, 6.07) is 1.99. The van der Waals surface area contributed by atoms with Crippen molar-refractivity contribution in [2.75, 3.05) is 0 Å². The summed E-state index contributed by atoms with van der Waals surface area (Å²) >= 11 is 0. The molecule has 0 aliphatic rings. The number of pyridine rings is 1. The lowest BCUT2D eigenvalue weighted by molar-refractivity contribution is 0.568. The van der Waals surface area contributed by atoms with Crippen LogP contribution in [0.2, 0.25) is 0 Å². The third-order valence-electron chi connectivity index (χ3n) is 2.30. The molecular formula is C13H17N. The molecule has 14 heavy (non-hydrogen) atoms. The Bertz CT molecular complexity index is 356. The lowest BCUT2D eigenvalue weighted by Crippen LogP contribution is -2.08. The van der Waals surface area contributed by atoms with Gasteiger partial charge in [-0.15, -0.1) is 0 Å².